The lowest BCUT2D eigenvalue weighted by Crippen LogP contribution is -2.02. The molecular formula is C22H16Br2Cl2O4. The van der Waals surface area contributed by atoms with Gasteiger partial charge in [-0.2, -0.15) is 0 Å². The minimum atomic E-state index is -1.02. The van der Waals surface area contributed by atoms with Gasteiger partial charge in [0.15, 0.2) is 5.78 Å². The first kappa shape index (κ1) is 24.4. The van der Waals surface area contributed by atoms with Gasteiger partial charge in [0.05, 0.1) is 22.2 Å². The molecule has 4 nitrogen and oxygen atoms in total. The maximum Gasteiger partial charge on any atom is 0.337 e. The van der Waals surface area contributed by atoms with E-state index in [1.54, 1.807) is 48.5 Å². The van der Waals surface area contributed by atoms with Crippen molar-refractivity contribution in [2.24, 2.45) is 0 Å². The number of carbonyl (C=O) groups excluding carboxylic acids is 1. The molecule has 156 valence electrons. The lowest BCUT2D eigenvalue weighted by Gasteiger charge is -2.06. The van der Waals surface area contributed by atoms with E-state index in [2.05, 4.69) is 31.9 Å². The van der Waals surface area contributed by atoms with Gasteiger partial charge in [-0.05, 0) is 67.6 Å². The van der Waals surface area contributed by atoms with Crippen LogP contribution in [0.2, 0.25) is 10.0 Å². The fourth-order valence-corrected chi connectivity index (χ4v) is 3.48. The van der Waals surface area contributed by atoms with E-state index in [4.69, 9.17) is 33.0 Å². The van der Waals surface area contributed by atoms with Gasteiger partial charge in [-0.25, -0.2) is 4.79 Å². The van der Waals surface area contributed by atoms with Gasteiger partial charge in [0, 0.05) is 20.1 Å². The van der Waals surface area contributed by atoms with Crippen LogP contribution in [0.5, 0.6) is 5.75 Å². The summed E-state index contributed by atoms with van der Waals surface area (Å²) in [6, 6.07) is 17.0. The molecule has 3 aromatic carbocycles. The third-order valence-electron chi connectivity index (χ3n) is 3.76. The van der Waals surface area contributed by atoms with Crippen molar-refractivity contribution >= 4 is 66.8 Å². The molecule has 0 heterocycles. The van der Waals surface area contributed by atoms with Crippen molar-refractivity contribution in [3.63, 3.8) is 0 Å². The number of rotatable bonds is 5. The zero-order valence-corrected chi connectivity index (χ0v) is 20.3. The van der Waals surface area contributed by atoms with Crippen LogP contribution in [0.1, 0.15) is 33.2 Å². The highest BCUT2D eigenvalue weighted by Crippen LogP contribution is 2.24. The summed E-state index contributed by atoms with van der Waals surface area (Å²) in [5.41, 5.74) is 1.18. The number of ether oxygens (including phenoxy) is 1. The zero-order valence-electron chi connectivity index (χ0n) is 15.7. The first-order valence-corrected chi connectivity index (χ1v) is 11.0. The maximum atomic E-state index is 12.3. The average molecular weight is 575 g/mol. The molecule has 3 aromatic rings. The van der Waals surface area contributed by atoms with E-state index in [0.29, 0.717) is 27.2 Å². The van der Waals surface area contributed by atoms with E-state index in [0.717, 1.165) is 10.2 Å². The Morgan fingerprint density at radius 3 is 1.83 bits per heavy atom. The largest absolute Gasteiger partial charge is 0.494 e. The Kier molecular flexibility index (Phi) is 9.37. The van der Waals surface area contributed by atoms with Crippen LogP contribution in [0.3, 0.4) is 0 Å². The third-order valence-corrected chi connectivity index (χ3v) is 5.41. The van der Waals surface area contributed by atoms with Crippen molar-refractivity contribution in [3.8, 4) is 5.75 Å². The molecule has 0 amide bonds. The molecule has 0 radical (unpaired) electrons. The SMILES string of the molecule is CCOc1ccc(C(=O)c2cc(Br)ccc2Cl)cc1.O=C(O)c1cc(Br)ccc1Cl. The van der Waals surface area contributed by atoms with E-state index >= 15 is 0 Å². The Morgan fingerprint density at radius 2 is 1.37 bits per heavy atom. The fourth-order valence-electron chi connectivity index (χ4n) is 2.36. The fraction of sp³-hybridized carbons (Fsp3) is 0.0909. The Hall–Kier alpha value is -1.86. The van der Waals surface area contributed by atoms with Crippen LogP contribution in [0, 0.1) is 0 Å². The Bertz CT molecular complexity index is 1050. The summed E-state index contributed by atoms with van der Waals surface area (Å²) >= 11 is 18.1. The second-order valence-corrected chi connectivity index (χ2v) is 8.49. The lowest BCUT2D eigenvalue weighted by molar-refractivity contribution is 0.0696. The van der Waals surface area contributed by atoms with Crippen LogP contribution >= 0.6 is 55.1 Å². The van der Waals surface area contributed by atoms with Crippen molar-refractivity contribution < 1.29 is 19.4 Å². The topological polar surface area (TPSA) is 63.6 Å². The standard InChI is InChI=1S/C15H12BrClO2.C7H4BrClO2/c1-2-19-12-6-3-10(4-7-12)15(18)13-9-11(16)5-8-14(13)17;8-4-1-2-6(9)5(3-4)7(10)11/h3-9H,2H2,1H3;1-3H,(H,10,11). The van der Waals surface area contributed by atoms with Gasteiger partial charge in [0.2, 0.25) is 0 Å². The molecule has 0 unspecified atom stereocenters. The van der Waals surface area contributed by atoms with Crippen LogP contribution in [-0.4, -0.2) is 23.5 Å². The first-order chi connectivity index (χ1) is 14.2. The Balaban J connectivity index is 0.000000248. The van der Waals surface area contributed by atoms with Gasteiger partial charge in [0.1, 0.15) is 5.75 Å². The highest BCUT2D eigenvalue weighted by molar-refractivity contribution is 9.10. The highest BCUT2D eigenvalue weighted by Gasteiger charge is 2.13. The van der Waals surface area contributed by atoms with Crippen molar-refractivity contribution in [3.05, 3.63) is 96.3 Å². The highest BCUT2D eigenvalue weighted by atomic mass is 79.9. The number of carboxylic acids is 1. The minimum absolute atomic E-state index is 0.102. The van der Waals surface area contributed by atoms with Crippen molar-refractivity contribution in [1.82, 2.24) is 0 Å². The number of carbonyl (C=O) groups is 2. The minimum Gasteiger partial charge on any atom is -0.494 e. The molecule has 1 N–H and O–H groups in total. The van der Waals surface area contributed by atoms with E-state index in [1.807, 2.05) is 6.92 Å². The summed E-state index contributed by atoms with van der Waals surface area (Å²) in [5.74, 6) is -0.370. The van der Waals surface area contributed by atoms with E-state index in [1.165, 1.54) is 12.1 Å². The molecule has 0 aromatic heterocycles. The Morgan fingerprint density at radius 1 is 0.867 bits per heavy atom. The van der Waals surface area contributed by atoms with E-state index < -0.39 is 5.97 Å². The number of aromatic carboxylic acids is 1. The molecule has 0 saturated heterocycles. The average Bonchev–Trinajstić information content (AvgIpc) is 2.72. The van der Waals surface area contributed by atoms with E-state index in [9.17, 15) is 9.59 Å². The predicted octanol–water partition coefficient (Wildman–Crippen LogP) is 7.53. The summed E-state index contributed by atoms with van der Waals surface area (Å²) < 4.78 is 6.88. The van der Waals surface area contributed by atoms with Crippen LogP contribution < -0.4 is 4.74 Å². The molecule has 0 fully saturated rings. The van der Waals surface area contributed by atoms with Crippen LogP contribution in [0.4, 0.5) is 0 Å². The number of hydrogen-bond donors (Lipinski definition) is 1. The molecule has 30 heavy (non-hydrogen) atoms. The van der Waals surface area contributed by atoms with Gasteiger partial charge in [0.25, 0.3) is 0 Å². The van der Waals surface area contributed by atoms with Gasteiger partial charge in [-0.3, -0.25) is 4.79 Å². The molecule has 0 aliphatic heterocycles. The molecule has 0 aliphatic rings. The molecule has 0 atom stereocenters. The number of halogens is 4. The molecular weight excluding hydrogens is 559 g/mol. The molecule has 0 aliphatic carbocycles. The molecule has 0 saturated carbocycles. The predicted molar refractivity (Wildman–Crippen MR) is 126 cm³/mol. The monoisotopic (exact) mass is 572 g/mol. The number of hydrogen-bond acceptors (Lipinski definition) is 3. The van der Waals surface area contributed by atoms with Gasteiger partial charge in [-0.1, -0.05) is 55.1 Å². The molecule has 0 spiro atoms. The summed E-state index contributed by atoms with van der Waals surface area (Å²) in [5, 5.41) is 9.28. The van der Waals surface area contributed by atoms with Crippen LogP contribution in [0.15, 0.2) is 69.6 Å². The molecule has 8 heteroatoms. The summed E-state index contributed by atoms with van der Waals surface area (Å²) in [6.07, 6.45) is 0. The second kappa shape index (κ2) is 11.5. The van der Waals surface area contributed by atoms with E-state index in [-0.39, 0.29) is 16.4 Å². The quantitative estimate of drug-likeness (QED) is 0.320. The second-order valence-electron chi connectivity index (χ2n) is 5.84. The number of ketones is 1. The van der Waals surface area contributed by atoms with Crippen molar-refractivity contribution in [2.75, 3.05) is 6.61 Å². The van der Waals surface area contributed by atoms with Crippen LogP contribution in [-0.2, 0) is 0 Å². The maximum absolute atomic E-state index is 12.3. The Labute approximate surface area is 201 Å². The normalized spacial score (nSPS) is 10.0. The number of carboxylic acid groups (broad SMARTS) is 1. The smallest absolute Gasteiger partial charge is 0.337 e. The van der Waals surface area contributed by atoms with Gasteiger partial charge >= 0.3 is 5.97 Å². The summed E-state index contributed by atoms with van der Waals surface area (Å²) in [6.45, 7) is 2.52. The third kappa shape index (κ3) is 6.84. The summed E-state index contributed by atoms with van der Waals surface area (Å²) in [4.78, 5) is 22.8. The summed E-state index contributed by atoms with van der Waals surface area (Å²) in [7, 11) is 0. The molecule has 3 rings (SSSR count). The first-order valence-electron chi connectivity index (χ1n) is 8.64. The molecule has 0 bridgehead atoms. The zero-order chi connectivity index (χ0) is 22.3. The van der Waals surface area contributed by atoms with Gasteiger partial charge in [-0.15, -0.1) is 0 Å². The van der Waals surface area contributed by atoms with Gasteiger partial charge < -0.3 is 9.84 Å². The van der Waals surface area contributed by atoms with Crippen LogP contribution in [0.25, 0.3) is 0 Å². The van der Waals surface area contributed by atoms with Crippen molar-refractivity contribution in [1.29, 1.82) is 0 Å². The van der Waals surface area contributed by atoms with Crippen molar-refractivity contribution in [2.45, 2.75) is 6.92 Å². The lowest BCUT2D eigenvalue weighted by atomic mass is 10.0. The number of benzene rings is 3.